The standard InChI is InChI=1S/C23H22BrFN2O/c24-19-8-9-22(21(25)14-19)26-23(28)17-10-12-27(13-11-17)15-18-6-3-5-16-4-1-2-7-20(16)18/h1-9,14,17H,10-13,15H2,(H,26,28). The van der Waals surface area contributed by atoms with E-state index in [9.17, 15) is 9.18 Å². The van der Waals surface area contributed by atoms with Crippen LogP contribution in [-0.4, -0.2) is 23.9 Å². The molecule has 0 spiro atoms. The summed E-state index contributed by atoms with van der Waals surface area (Å²) in [6.45, 7) is 2.62. The van der Waals surface area contributed by atoms with Crippen molar-refractivity contribution in [2.45, 2.75) is 19.4 Å². The number of benzene rings is 3. The van der Waals surface area contributed by atoms with Crippen molar-refractivity contribution < 1.29 is 9.18 Å². The summed E-state index contributed by atoms with van der Waals surface area (Å²) in [5.41, 5.74) is 1.56. The highest BCUT2D eigenvalue weighted by Crippen LogP contribution is 2.25. The Hall–Kier alpha value is -2.24. The molecule has 0 bridgehead atoms. The summed E-state index contributed by atoms with van der Waals surface area (Å²) in [6.07, 6.45) is 1.57. The zero-order valence-corrected chi connectivity index (χ0v) is 17.1. The van der Waals surface area contributed by atoms with Crippen LogP contribution in [0.5, 0.6) is 0 Å². The Morgan fingerprint density at radius 3 is 2.61 bits per heavy atom. The molecule has 0 saturated carbocycles. The molecule has 0 aliphatic carbocycles. The SMILES string of the molecule is O=C(Nc1ccc(Br)cc1F)C1CCN(Cc2cccc3ccccc23)CC1. The highest BCUT2D eigenvalue weighted by molar-refractivity contribution is 9.10. The maximum absolute atomic E-state index is 14.0. The summed E-state index contributed by atoms with van der Waals surface area (Å²) in [4.78, 5) is 14.9. The van der Waals surface area contributed by atoms with Crippen LogP contribution in [0.4, 0.5) is 10.1 Å². The van der Waals surface area contributed by atoms with Crippen LogP contribution < -0.4 is 5.32 Å². The third-order valence-corrected chi connectivity index (χ3v) is 5.91. The maximum atomic E-state index is 14.0. The van der Waals surface area contributed by atoms with Crippen LogP contribution in [0.1, 0.15) is 18.4 Å². The first-order valence-electron chi connectivity index (χ1n) is 9.55. The number of likely N-dealkylation sites (tertiary alicyclic amines) is 1. The molecule has 0 unspecified atom stereocenters. The second-order valence-electron chi connectivity index (χ2n) is 7.30. The monoisotopic (exact) mass is 440 g/mol. The molecule has 1 aliphatic heterocycles. The zero-order chi connectivity index (χ0) is 19.5. The number of hydrogen-bond donors (Lipinski definition) is 1. The zero-order valence-electron chi connectivity index (χ0n) is 15.5. The third kappa shape index (κ3) is 4.26. The van der Waals surface area contributed by atoms with Gasteiger partial charge < -0.3 is 5.32 Å². The fraction of sp³-hybridized carbons (Fsp3) is 0.261. The molecule has 3 nitrogen and oxygen atoms in total. The van der Waals surface area contributed by atoms with Crippen molar-refractivity contribution in [3.05, 3.63) is 76.5 Å². The van der Waals surface area contributed by atoms with Gasteiger partial charge >= 0.3 is 0 Å². The molecule has 1 aliphatic rings. The molecular weight excluding hydrogens is 419 g/mol. The van der Waals surface area contributed by atoms with Crippen LogP contribution in [0, 0.1) is 11.7 Å². The number of halogens is 2. The van der Waals surface area contributed by atoms with Crippen LogP contribution >= 0.6 is 15.9 Å². The average molecular weight is 441 g/mol. The van der Waals surface area contributed by atoms with Crippen LogP contribution in [0.25, 0.3) is 10.8 Å². The number of fused-ring (bicyclic) bond motifs is 1. The number of amides is 1. The molecule has 3 aromatic carbocycles. The molecule has 1 fully saturated rings. The number of carbonyl (C=O) groups excluding carboxylic acids is 1. The lowest BCUT2D eigenvalue weighted by Crippen LogP contribution is -2.37. The van der Waals surface area contributed by atoms with Crippen molar-refractivity contribution in [2.24, 2.45) is 5.92 Å². The minimum absolute atomic E-state index is 0.0770. The summed E-state index contributed by atoms with van der Waals surface area (Å²) in [5.74, 6) is -0.589. The highest BCUT2D eigenvalue weighted by Gasteiger charge is 2.25. The molecule has 28 heavy (non-hydrogen) atoms. The first-order valence-corrected chi connectivity index (χ1v) is 10.3. The molecule has 3 aromatic rings. The largest absolute Gasteiger partial charge is 0.323 e. The van der Waals surface area contributed by atoms with Gasteiger partial charge in [-0.15, -0.1) is 0 Å². The van der Waals surface area contributed by atoms with E-state index in [4.69, 9.17) is 0 Å². The summed E-state index contributed by atoms with van der Waals surface area (Å²) in [5, 5.41) is 5.29. The molecule has 144 valence electrons. The Bertz CT molecular complexity index is 994. The number of anilines is 1. The van der Waals surface area contributed by atoms with Gasteiger partial charge in [0.2, 0.25) is 5.91 Å². The van der Waals surface area contributed by atoms with Crippen LogP contribution in [0.3, 0.4) is 0 Å². The Kier molecular flexibility index (Phi) is 5.74. The minimum Gasteiger partial charge on any atom is -0.323 e. The van der Waals surface area contributed by atoms with Crippen molar-refractivity contribution in [1.82, 2.24) is 4.90 Å². The van der Waals surface area contributed by atoms with Crippen molar-refractivity contribution in [1.29, 1.82) is 0 Å². The van der Waals surface area contributed by atoms with Crippen LogP contribution in [0.15, 0.2) is 65.1 Å². The molecule has 1 heterocycles. The number of hydrogen-bond acceptors (Lipinski definition) is 2. The smallest absolute Gasteiger partial charge is 0.227 e. The molecule has 1 amide bonds. The number of carbonyl (C=O) groups is 1. The fourth-order valence-corrected chi connectivity index (χ4v) is 4.18. The van der Waals surface area contributed by atoms with Gasteiger partial charge in [-0.2, -0.15) is 0 Å². The molecule has 0 atom stereocenters. The second kappa shape index (κ2) is 8.41. The highest BCUT2D eigenvalue weighted by atomic mass is 79.9. The molecule has 5 heteroatoms. The molecular formula is C23H22BrFN2O. The van der Waals surface area contributed by atoms with E-state index in [1.54, 1.807) is 12.1 Å². The van der Waals surface area contributed by atoms with Crippen molar-refractivity contribution in [3.63, 3.8) is 0 Å². The van der Waals surface area contributed by atoms with Gasteiger partial charge in [-0.3, -0.25) is 9.69 Å². The first-order chi connectivity index (χ1) is 13.6. The lowest BCUT2D eigenvalue weighted by Gasteiger charge is -2.31. The van der Waals surface area contributed by atoms with Crippen molar-refractivity contribution >= 4 is 38.3 Å². The van der Waals surface area contributed by atoms with Gasteiger partial charge in [0.1, 0.15) is 5.82 Å². The van der Waals surface area contributed by atoms with Crippen LogP contribution in [0.2, 0.25) is 0 Å². The van der Waals surface area contributed by atoms with E-state index in [0.29, 0.717) is 4.47 Å². The van der Waals surface area contributed by atoms with E-state index in [1.165, 1.54) is 22.4 Å². The molecule has 1 N–H and O–H groups in total. The van der Waals surface area contributed by atoms with Gasteiger partial charge in [0, 0.05) is 16.9 Å². The van der Waals surface area contributed by atoms with Gasteiger partial charge in [0.25, 0.3) is 0 Å². The van der Waals surface area contributed by atoms with E-state index in [0.717, 1.165) is 32.5 Å². The van der Waals surface area contributed by atoms with Gasteiger partial charge in [-0.05, 0) is 60.5 Å². The number of rotatable bonds is 4. The van der Waals surface area contributed by atoms with E-state index in [-0.39, 0.29) is 17.5 Å². The Balaban J connectivity index is 1.36. The third-order valence-electron chi connectivity index (χ3n) is 5.42. The lowest BCUT2D eigenvalue weighted by molar-refractivity contribution is -0.121. The van der Waals surface area contributed by atoms with E-state index in [1.807, 2.05) is 0 Å². The van der Waals surface area contributed by atoms with Crippen molar-refractivity contribution in [2.75, 3.05) is 18.4 Å². The normalized spacial score (nSPS) is 15.6. The number of nitrogens with zero attached hydrogens (tertiary/aromatic N) is 1. The Morgan fingerprint density at radius 1 is 1.07 bits per heavy atom. The molecule has 4 rings (SSSR count). The molecule has 0 aromatic heterocycles. The van der Waals surface area contributed by atoms with Gasteiger partial charge in [-0.1, -0.05) is 58.4 Å². The second-order valence-corrected chi connectivity index (χ2v) is 8.22. The fourth-order valence-electron chi connectivity index (χ4n) is 3.85. The topological polar surface area (TPSA) is 32.3 Å². The maximum Gasteiger partial charge on any atom is 0.227 e. The quantitative estimate of drug-likeness (QED) is 0.573. The molecule has 1 saturated heterocycles. The number of piperidine rings is 1. The van der Waals surface area contributed by atoms with E-state index < -0.39 is 5.82 Å². The van der Waals surface area contributed by atoms with E-state index >= 15 is 0 Å². The Labute approximate surface area is 172 Å². The lowest BCUT2D eigenvalue weighted by atomic mass is 9.95. The van der Waals surface area contributed by atoms with Gasteiger partial charge in [0.05, 0.1) is 5.69 Å². The van der Waals surface area contributed by atoms with Crippen molar-refractivity contribution in [3.8, 4) is 0 Å². The summed E-state index contributed by atoms with van der Waals surface area (Å²) in [7, 11) is 0. The number of nitrogens with one attached hydrogen (secondary N) is 1. The van der Waals surface area contributed by atoms with Crippen LogP contribution in [-0.2, 0) is 11.3 Å². The average Bonchev–Trinajstić information content (AvgIpc) is 2.71. The summed E-state index contributed by atoms with van der Waals surface area (Å²) in [6, 6.07) is 19.5. The predicted octanol–water partition coefficient (Wildman–Crippen LogP) is 5.59. The predicted molar refractivity (Wildman–Crippen MR) is 115 cm³/mol. The van der Waals surface area contributed by atoms with E-state index in [2.05, 4.69) is 68.6 Å². The summed E-state index contributed by atoms with van der Waals surface area (Å²) < 4.78 is 14.6. The first kappa shape index (κ1) is 19.1. The Morgan fingerprint density at radius 2 is 1.82 bits per heavy atom. The summed E-state index contributed by atoms with van der Waals surface area (Å²) >= 11 is 3.23. The minimum atomic E-state index is -0.420. The van der Waals surface area contributed by atoms with Gasteiger partial charge in [-0.25, -0.2) is 4.39 Å². The van der Waals surface area contributed by atoms with Gasteiger partial charge in [0.15, 0.2) is 0 Å². The molecule has 0 radical (unpaired) electrons.